The maximum absolute atomic E-state index is 13.0. The molecule has 0 aliphatic carbocycles. The number of amides is 3. The Hall–Kier alpha value is -4.18. The van der Waals surface area contributed by atoms with E-state index in [4.69, 9.17) is 4.84 Å². The van der Waals surface area contributed by atoms with Crippen molar-refractivity contribution in [1.82, 2.24) is 5.06 Å². The van der Waals surface area contributed by atoms with E-state index in [2.05, 4.69) is 11.8 Å². The average molecular weight is 400 g/mol. The molecule has 7 nitrogen and oxygen atoms in total. The summed E-state index contributed by atoms with van der Waals surface area (Å²) in [5.41, 5.74) is 3.10. The van der Waals surface area contributed by atoms with E-state index in [-0.39, 0.29) is 18.7 Å². The maximum Gasteiger partial charge on any atom is 0.333 e. The van der Waals surface area contributed by atoms with Crippen molar-refractivity contribution in [1.29, 1.82) is 0 Å². The van der Waals surface area contributed by atoms with Gasteiger partial charge in [-0.3, -0.25) is 14.4 Å². The molecule has 0 saturated heterocycles. The molecule has 0 saturated carbocycles. The minimum atomic E-state index is -0.839. The van der Waals surface area contributed by atoms with Crippen LogP contribution < -0.4 is 4.90 Å². The molecule has 7 heteroatoms. The van der Waals surface area contributed by atoms with E-state index in [1.54, 1.807) is 11.0 Å². The summed E-state index contributed by atoms with van der Waals surface area (Å²) in [6.07, 6.45) is 1.60. The molecule has 0 radical (unpaired) electrons. The smallest absolute Gasteiger partial charge is 0.330 e. The molecular formula is C23H16N2O5. The Kier molecular flexibility index (Phi) is 5.14. The molecule has 2 aliphatic heterocycles. The first-order valence-electron chi connectivity index (χ1n) is 9.29. The fourth-order valence-corrected chi connectivity index (χ4v) is 3.18. The Labute approximate surface area is 172 Å². The van der Waals surface area contributed by atoms with Gasteiger partial charge in [0.1, 0.15) is 0 Å². The number of anilines is 1. The molecule has 30 heavy (non-hydrogen) atoms. The lowest BCUT2D eigenvalue weighted by Crippen LogP contribution is -2.34. The van der Waals surface area contributed by atoms with Gasteiger partial charge in [-0.2, -0.15) is 0 Å². The van der Waals surface area contributed by atoms with E-state index in [1.807, 2.05) is 42.5 Å². The molecule has 0 aromatic heterocycles. The predicted octanol–water partition coefficient (Wildman–Crippen LogP) is 2.10. The van der Waals surface area contributed by atoms with Crippen molar-refractivity contribution in [2.75, 3.05) is 4.90 Å². The van der Waals surface area contributed by atoms with Gasteiger partial charge in [-0.05, 0) is 23.8 Å². The zero-order valence-corrected chi connectivity index (χ0v) is 15.8. The molecule has 4 rings (SSSR count). The summed E-state index contributed by atoms with van der Waals surface area (Å²) in [7, 11) is 0. The quantitative estimate of drug-likeness (QED) is 0.580. The van der Waals surface area contributed by atoms with Gasteiger partial charge in [0.05, 0.1) is 18.7 Å². The van der Waals surface area contributed by atoms with Gasteiger partial charge in [0.15, 0.2) is 0 Å². The highest BCUT2D eigenvalue weighted by Gasteiger charge is 2.28. The topological polar surface area (TPSA) is 84.0 Å². The molecule has 2 aliphatic rings. The van der Waals surface area contributed by atoms with Crippen LogP contribution in [0.2, 0.25) is 0 Å². The summed E-state index contributed by atoms with van der Waals surface area (Å²) in [6.45, 7) is 0.308. The molecule has 0 N–H and O–H groups in total. The second kappa shape index (κ2) is 8.05. The third kappa shape index (κ3) is 3.84. The van der Waals surface area contributed by atoms with Gasteiger partial charge in [-0.25, -0.2) is 4.79 Å². The number of hydrogen-bond donors (Lipinski definition) is 0. The first kappa shape index (κ1) is 19.2. The Morgan fingerprint density at radius 2 is 1.50 bits per heavy atom. The van der Waals surface area contributed by atoms with E-state index in [0.29, 0.717) is 22.9 Å². The minimum absolute atomic E-state index is 0.146. The number of hydrogen-bond acceptors (Lipinski definition) is 5. The molecular weight excluding hydrogens is 384 g/mol. The lowest BCUT2D eigenvalue weighted by molar-refractivity contribution is -0.196. The van der Waals surface area contributed by atoms with E-state index in [9.17, 15) is 19.2 Å². The van der Waals surface area contributed by atoms with Crippen LogP contribution in [0.5, 0.6) is 0 Å². The summed E-state index contributed by atoms with van der Waals surface area (Å²) >= 11 is 0. The maximum atomic E-state index is 13.0. The number of carbonyl (C=O) groups excluding carboxylic acids is 4. The molecule has 3 amide bonds. The molecule has 148 valence electrons. The van der Waals surface area contributed by atoms with Crippen molar-refractivity contribution < 1.29 is 24.0 Å². The second-order valence-electron chi connectivity index (χ2n) is 6.67. The summed E-state index contributed by atoms with van der Waals surface area (Å²) in [5.74, 6) is 3.65. The molecule has 0 bridgehead atoms. The molecule has 2 heterocycles. The van der Waals surface area contributed by atoms with Crippen molar-refractivity contribution in [3.63, 3.8) is 0 Å². The molecule has 0 fully saturated rings. The summed E-state index contributed by atoms with van der Waals surface area (Å²) in [4.78, 5) is 54.4. The van der Waals surface area contributed by atoms with Crippen molar-refractivity contribution in [3.8, 4) is 11.8 Å². The van der Waals surface area contributed by atoms with Crippen molar-refractivity contribution in [3.05, 3.63) is 77.4 Å². The molecule has 2 aromatic carbocycles. The number of benzene rings is 2. The zero-order valence-electron chi connectivity index (χ0n) is 15.8. The zero-order chi connectivity index (χ0) is 21.1. The van der Waals surface area contributed by atoms with Crippen LogP contribution in [0.15, 0.2) is 60.7 Å². The lowest BCUT2D eigenvalue weighted by Gasteiger charge is -2.26. The van der Waals surface area contributed by atoms with Crippen molar-refractivity contribution in [2.45, 2.75) is 19.4 Å². The van der Waals surface area contributed by atoms with Crippen LogP contribution in [-0.2, 0) is 30.6 Å². The monoisotopic (exact) mass is 400 g/mol. The van der Waals surface area contributed by atoms with Gasteiger partial charge in [-0.15, -0.1) is 0 Å². The van der Waals surface area contributed by atoms with Crippen LogP contribution >= 0.6 is 0 Å². The summed E-state index contributed by atoms with van der Waals surface area (Å²) in [6, 6.07) is 14.9. The number of fused-ring (bicyclic) bond motifs is 2. The normalized spacial score (nSPS) is 14.3. The van der Waals surface area contributed by atoms with Crippen molar-refractivity contribution in [2.24, 2.45) is 0 Å². The van der Waals surface area contributed by atoms with Gasteiger partial charge >= 0.3 is 5.97 Å². The van der Waals surface area contributed by atoms with Gasteiger partial charge in [0.2, 0.25) is 5.91 Å². The SMILES string of the molecule is O=C(CCC(=O)N1Cc2ccccc2C#Cc2ccccc21)ON1C(=O)C=CC1=O. The van der Waals surface area contributed by atoms with Crippen LogP contribution in [0.3, 0.4) is 0 Å². The van der Waals surface area contributed by atoms with Gasteiger partial charge in [-0.1, -0.05) is 47.2 Å². The molecule has 0 spiro atoms. The largest absolute Gasteiger partial charge is 0.333 e. The lowest BCUT2D eigenvalue weighted by atomic mass is 10.0. The Morgan fingerprint density at radius 3 is 2.27 bits per heavy atom. The van der Waals surface area contributed by atoms with Crippen LogP contribution in [0, 0.1) is 11.8 Å². The van der Waals surface area contributed by atoms with Crippen LogP contribution in [-0.4, -0.2) is 28.8 Å². The van der Waals surface area contributed by atoms with Gasteiger partial charge in [0, 0.05) is 29.7 Å². The highest BCUT2D eigenvalue weighted by molar-refractivity contribution is 6.12. The first-order chi connectivity index (χ1) is 14.5. The Morgan fingerprint density at radius 1 is 0.867 bits per heavy atom. The summed E-state index contributed by atoms with van der Waals surface area (Å²) < 4.78 is 0. The summed E-state index contributed by atoms with van der Waals surface area (Å²) in [5, 5.41) is 0.379. The number of hydroxylamine groups is 2. The standard InChI is InChI=1S/C23H16N2O5/c26-20(13-14-23(29)30-25-21(27)11-12-22(25)28)24-15-18-7-2-1-5-16(18)9-10-17-6-3-4-8-19(17)24/h1-8,11-12H,13-15H2. The van der Waals surface area contributed by atoms with Crippen LogP contribution in [0.25, 0.3) is 0 Å². The minimum Gasteiger partial charge on any atom is -0.330 e. The number of carbonyl (C=O) groups is 4. The Bertz CT molecular complexity index is 1140. The molecule has 0 unspecified atom stereocenters. The van der Waals surface area contributed by atoms with Crippen LogP contribution in [0.4, 0.5) is 5.69 Å². The number of para-hydroxylation sites is 1. The third-order valence-corrected chi connectivity index (χ3v) is 4.68. The van der Waals surface area contributed by atoms with E-state index >= 15 is 0 Å². The number of nitrogens with zero attached hydrogens (tertiary/aromatic N) is 2. The fourth-order valence-electron chi connectivity index (χ4n) is 3.18. The fraction of sp³-hybridized carbons (Fsp3) is 0.130. The number of rotatable bonds is 4. The van der Waals surface area contributed by atoms with E-state index in [1.165, 1.54) is 0 Å². The predicted molar refractivity (Wildman–Crippen MR) is 106 cm³/mol. The molecule has 2 aromatic rings. The van der Waals surface area contributed by atoms with E-state index < -0.39 is 17.8 Å². The highest BCUT2D eigenvalue weighted by atomic mass is 16.7. The highest BCUT2D eigenvalue weighted by Crippen LogP contribution is 2.26. The van der Waals surface area contributed by atoms with Crippen LogP contribution in [0.1, 0.15) is 29.5 Å². The Balaban J connectivity index is 1.51. The third-order valence-electron chi connectivity index (χ3n) is 4.68. The van der Waals surface area contributed by atoms with E-state index in [0.717, 1.165) is 23.3 Å². The first-order valence-corrected chi connectivity index (χ1v) is 9.29. The average Bonchev–Trinajstić information content (AvgIpc) is 3.05. The number of imide groups is 1. The van der Waals surface area contributed by atoms with Crippen molar-refractivity contribution >= 4 is 29.4 Å². The van der Waals surface area contributed by atoms with Gasteiger partial charge < -0.3 is 9.74 Å². The van der Waals surface area contributed by atoms with Gasteiger partial charge in [0.25, 0.3) is 11.8 Å². The molecule has 0 atom stereocenters. The second-order valence-corrected chi connectivity index (χ2v) is 6.67.